The van der Waals surface area contributed by atoms with E-state index in [-0.39, 0.29) is 16.8 Å². The van der Waals surface area contributed by atoms with E-state index < -0.39 is 0 Å². The molecule has 2 aromatic rings. The first-order valence-electron chi connectivity index (χ1n) is 4.00. The average Bonchev–Trinajstić information content (AvgIpc) is 2.24. The van der Waals surface area contributed by atoms with Crippen LogP contribution in [0.25, 0.3) is 0 Å². The Hall–Kier alpha value is -1.05. The molecule has 13 heavy (non-hydrogen) atoms. The summed E-state index contributed by atoms with van der Waals surface area (Å²) in [6.45, 7) is 0. The van der Waals surface area contributed by atoms with Crippen LogP contribution in [0.3, 0.4) is 0 Å². The second-order valence-corrected chi connectivity index (χ2v) is 2.31. The Kier molecular flexibility index (Phi) is 8.31. The fourth-order valence-electron chi connectivity index (χ4n) is 0.770. The Morgan fingerprint density at radius 2 is 0.308 bits per heavy atom. The van der Waals surface area contributed by atoms with E-state index in [1.165, 1.54) is 0 Å². The first kappa shape index (κ1) is 11.9. The van der Waals surface area contributed by atoms with Gasteiger partial charge in [0.25, 0.3) is 0 Å². The molecule has 0 bridgehead atoms. The molecule has 0 aliphatic heterocycles. The molecule has 0 saturated heterocycles. The van der Waals surface area contributed by atoms with Crippen molar-refractivity contribution in [2.24, 2.45) is 0 Å². The molecule has 67 valence electrons. The van der Waals surface area contributed by atoms with E-state index in [0.717, 1.165) is 0 Å². The molecule has 0 N–H and O–H groups in total. The molecular weight excluding hydrogens is 203 g/mol. The van der Waals surface area contributed by atoms with Crippen LogP contribution in [-0.2, 0) is 16.8 Å². The van der Waals surface area contributed by atoms with Crippen LogP contribution >= 0.6 is 0 Å². The maximum absolute atomic E-state index is 2.00. The van der Waals surface area contributed by atoms with Gasteiger partial charge in [0.2, 0.25) is 0 Å². The van der Waals surface area contributed by atoms with Crippen molar-refractivity contribution in [1.29, 1.82) is 0 Å². The minimum Gasteiger partial charge on any atom is -0.0623 e. The van der Waals surface area contributed by atoms with Gasteiger partial charge < -0.3 is 0 Å². The van der Waals surface area contributed by atoms with E-state index >= 15 is 0 Å². The van der Waals surface area contributed by atoms with Gasteiger partial charge in [-0.1, -0.05) is 72.8 Å². The summed E-state index contributed by atoms with van der Waals surface area (Å²) in [5.74, 6) is 0. The van der Waals surface area contributed by atoms with E-state index in [0.29, 0.717) is 0 Å². The predicted octanol–water partition coefficient (Wildman–Crippen LogP) is 3.37. The van der Waals surface area contributed by atoms with Gasteiger partial charge in [-0.15, -0.1) is 0 Å². The minimum absolute atomic E-state index is 0. The molecule has 0 saturated carbocycles. The number of rotatable bonds is 0. The van der Waals surface area contributed by atoms with E-state index in [1.54, 1.807) is 0 Å². The van der Waals surface area contributed by atoms with Crippen molar-refractivity contribution in [3.63, 3.8) is 0 Å². The van der Waals surface area contributed by atoms with Crippen molar-refractivity contribution in [2.45, 2.75) is 0 Å². The zero-order valence-electron chi connectivity index (χ0n) is 7.26. The van der Waals surface area contributed by atoms with E-state index in [9.17, 15) is 0 Å². The number of hydrogen-bond acceptors (Lipinski definition) is 0. The molecule has 1 radical (unpaired) electrons. The fraction of sp³-hybridized carbons (Fsp3) is 0. The van der Waals surface area contributed by atoms with Crippen LogP contribution in [0.2, 0.25) is 0 Å². The minimum atomic E-state index is 0. The molecular formula is C12H12Co+2. The summed E-state index contributed by atoms with van der Waals surface area (Å²) in [5.41, 5.74) is 0. The summed E-state index contributed by atoms with van der Waals surface area (Å²) < 4.78 is 0. The summed E-state index contributed by atoms with van der Waals surface area (Å²) in [6.07, 6.45) is 0. The van der Waals surface area contributed by atoms with E-state index in [1.807, 2.05) is 72.8 Å². The third-order valence-electron chi connectivity index (χ3n) is 1.33. The molecule has 1 heteroatoms. The van der Waals surface area contributed by atoms with Crippen molar-refractivity contribution in [3.8, 4) is 0 Å². The Balaban J connectivity index is 0.000000206. The van der Waals surface area contributed by atoms with Crippen molar-refractivity contribution in [3.05, 3.63) is 72.8 Å². The number of hydrogen-bond donors (Lipinski definition) is 0. The summed E-state index contributed by atoms with van der Waals surface area (Å²) in [5, 5.41) is 0. The van der Waals surface area contributed by atoms with Gasteiger partial charge in [-0.3, -0.25) is 0 Å². The third-order valence-corrected chi connectivity index (χ3v) is 1.33. The number of benzene rings is 2. The van der Waals surface area contributed by atoms with Crippen LogP contribution in [0.1, 0.15) is 0 Å². The topological polar surface area (TPSA) is 0 Å². The monoisotopic (exact) mass is 215 g/mol. The summed E-state index contributed by atoms with van der Waals surface area (Å²) >= 11 is 0. The molecule has 2 aromatic carbocycles. The SMILES string of the molecule is [Co+2].c1ccccc1.c1ccccc1. The molecule has 0 heterocycles. The molecule has 0 atom stereocenters. The average molecular weight is 215 g/mol. The van der Waals surface area contributed by atoms with Crippen molar-refractivity contribution < 1.29 is 16.8 Å². The van der Waals surface area contributed by atoms with Gasteiger partial charge in [0.15, 0.2) is 0 Å². The molecule has 0 aliphatic carbocycles. The largest absolute Gasteiger partial charge is 2.00 e. The Morgan fingerprint density at radius 1 is 0.231 bits per heavy atom. The van der Waals surface area contributed by atoms with Gasteiger partial charge in [-0.05, 0) is 0 Å². The Morgan fingerprint density at radius 3 is 0.385 bits per heavy atom. The van der Waals surface area contributed by atoms with Crippen LogP contribution in [-0.4, -0.2) is 0 Å². The van der Waals surface area contributed by atoms with E-state index in [2.05, 4.69) is 0 Å². The Labute approximate surface area is 89.8 Å². The van der Waals surface area contributed by atoms with Crippen LogP contribution in [0.4, 0.5) is 0 Å². The molecule has 0 spiro atoms. The molecule has 0 fully saturated rings. The summed E-state index contributed by atoms with van der Waals surface area (Å²) in [7, 11) is 0. The van der Waals surface area contributed by atoms with Gasteiger partial charge in [-0.2, -0.15) is 0 Å². The third kappa shape index (κ3) is 7.31. The van der Waals surface area contributed by atoms with Crippen LogP contribution in [0.5, 0.6) is 0 Å². The first-order chi connectivity index (χ1) is 6.00. The van der Waals surface area contributed by atoms with Gasteiger partial charge in [-0.25, -0.2) is 0 Å². The predicted molar refractivity (Wildman–Crippen MR) is 52.9 cm³/mol. The van der Waals surface area contributed by atoms with Crippen molar-refractivity contribution >= 4 is 0 Å². The smallest absolute Gasteiger partial charge is 0.0623 e. The molecule has 0 aliphatic rings. The summed E-state index contributed by atoms with van der Waals surface area (Å²) in [4.78, 5) is 0. The molecule has 0 unspecified atom stereocenters. The molecule has 0 amide bonds. The second kappa shape index (κ2) is 9.04. The van der Waals surface area contributed by atoms with Gasteiger partial charge >= 0.3 is 16.8 Å². The standard InChI is InChI=1S/2C6H6.Co/c2*1-2-4-6-5-3-1;/h2*1-6H;/q;;+2. The molecule has 0 nitrogen and oxygen atoms in total. The van der Waals surface area contributed by atoms with E-state index in [4.69, 9.17) is 0 Å². The molecule has 2 rings (SSSR count). The normalized spacial score (nSPS) is 7.38. The van der Waals surface area contributed by atoms with Gasteiger partial charge in [0, 0.05) is 0 Å². The quantitative estimate of drug-likeness (QED) is 0.632. The van der Waals surface area contributed by atoms with Gasteiger partial charge in [0.05, 0.1) is 0 Å². The maximum Gasteiger partial charge on any atom is 2.00 e. The maximum atomic E-state index is 2.00. The van der Waals surface area contributed by atoms with Crippen molar-refractivity contribution in [2.75, 3.05) is 0 Å². The van der Waals surface area contributed by atoms with Crippen molar-refractivity contribution in [1.82, 2.24) is 0 Å². The van der Waals surface area contributed by atoms with Crippen LogP contribution in [0.15, 0.2) is 72.8 Å². The second-order valence-electron chi connectivity index (χ2n) is 2.31. The molecule has 0 aromatic heterocycles. The fourth-order valence-corrected chi connectivity index (χ4v) is 0.770. The van der Waals surface area contributed by atoms with Crippen LogP contribution in [0, 0.1) is 0 Å². The zero-order valence-corrected chi connectivity index (χ0v) is 8.30. The zero-order chi connectivity index (χ0) is 8.49. The first-order valence-corrected chi connectivity index (χ1v) is 4.00. The van der Waals surface area contributed by atoms with Crippen LogP contribution < -0.4 is 0 Å². The Bertz CT molecular complexity index is 181. The summed E-state index contributed by atoms with van der Waals surface area (Å²) in [6, 6.07) is 24.0. The van der Waals surface area contributed by atoms with Gasteiger partial charge in [0.1, 0.15) is 0 Å².